The Morgan fingerprint density at radius 2 is 1.29 bits per heavy atom. The normalized spacial score (nSPS) is 19.1. The number of sulfonamides is 1. The number of carbonyl (C=O) groups is 2. The highest BCUT2D eigenvalue weighted by Crippen LogP contribution is 2.18. The van der Waals surface area contributed by atoms with Gasteiger partial charge in [-0.05, 0) is 18.1 Å². The molecular formula is C22H34N4O4S. The van der Waals surface area contributed by atoms with Crippen LogP contribution in [0.25, 0.3) is 0 Å². The van der Waals surface area contributed by atoms with Gasteiger partial charge < -0.3 is 9.80 Å². The summed E-state index contributed by atoms with van der Waals surface area (Å²) in [6.45, 7) is 9.90. The van der Waals surface area contributed by atoms with E-state index in [0.717, 1.165) is 32.7 Å². The summed E-state index contributed by atoms with van der Waals surface area (Å²) in [5.41, 5.74) is 0. The summed E-state index contributed by atoms with van der Waals surface area (Å²) in [7, 11) is -3.53. The van der Waals surface area contributed by atoms with Crippen LogP contribution in [0.15, 0.2) is 35.2 Å². The van der Waals surface area contributed by atoms with E-state index in [1.54, 1.807) is 35.2 Å². The average molecular weight is 451 g/mol. The fourth-order valence-electron chi connectivity index (χ4n) is 4.15. The smallest absolute Gasteiger partial charge is 0.243 e. The molecule has 0 unspecified atom stereocenters. The van der Waals surface area contributed by atoms with Crippen molar-refractivity contribution in [1.29, 1.82) is 0 Å². The highest BCUT2D eigenvalue weighted by molar-refractivity contribution is 7.89. The Morgan fingerprint density at radius 1 is 0.806 bits per heavy atom. The largest absolute Gasteiger partial charge is 0.340 e. The zero-order valence-electron chi connectivity index (χ0n) is 18.6. The number of nitrogens with zero attached hydrogens (tertiary/aromatic N) is 4. The van der Waals surface area contributed by atoms with Crippen molar-refractivity contribution < 1.29 is 18.0 Å². The first kappa shape index (κ1) is 23.7. The van der Waals surface area contributed by atoms with Crippen LogP contribution in [-0.2, 0) is 19.6 Å². The minimum absolute atomic E-state index is 0.0304. The van der Waals surface area contributed by atoms with Crippen LogP contribution in [0.4, 0.5) is 0 Å². The minimum atomic E-state index is -3.53. The zero-order chi connectivity index (χ0) is 22.4. The van der Waals surface area contributed by atoms with Gasteiger partial charge in [-0.15, -0.1) is 0 Å². The number of hydrogen-bond donors (Lipinski definition) is 0. The van der Waals surface area contributed by atoms with E-state index in [2.05, 4.69) is 18.7 Å². The minimum Gasteiger partial charge on any atom is -0.340 e. The Bertz CT molecular complexity index is 844. The van der Waals surface area contributed by atoms with Gasteiger partial charge in [0.1, 0.15) is 0 Å². The standard InChI is InChI=1S/C22H34N4O4S/c1-19(2)18-23-10-12-24(13-11-23)21(27)8-9-22(28)25-14-16-26(17-15-25)31(29,30)20-6-4-3-5-7-20/h3-7,19H,8-18H2,1-2H3. The van der Waals surface area contributed by atoms with Gasteiger partial charge >= 0.3 is 0 Å². The van der Waals surface area contributed by atoms with Crippen molar-refractivity contribution in [2.24, 2.45) is 5.92 Å². The molecule has 0 bridgehead atoms. The first-order chi connectivity index (χ1) is 14.8. The molecule has 2 aliphatic heterocycles. The molecule has 0 N–H and O–H groups in total. The van der Waals surface area contributed by atoms with Crippen molar-refractivity contribution >= 4 is 21.8 Å². The molecule has 2 aliphatic rings. The Hall–Kier alpha value is -1.97. The lowest BCUT2D eigenvalue weighted by Gasteiger charge is -2.36. The third-order valence-corrected chi connectivity index (χ3v) is 7.79. The molecule has 1 aromatic rings. The van der Waals surface area contributed by atoms with Crippen molar-refractivity contribution in [2.45, 2.75) is 31.6 Å². The van der Waals surface area contributed by atoms with Gasteiger partial charge in [-0.25, -0.2) is 8.42 Å². The second-order valence-electron chi connectivity index (χ2n) is 8.67. The van der Waals surface area contributed by atoms with Crippen LogP contribution in [0.5, 0.6) is 0 Å². The third-order valence-electron chi connectivity index (χ3n) is 5.87. The molecule has 9 heteroatoms. The molecule has 0 aliphatic carbocycles. The molecule has 2 saturated heterocycles. The molecule has 2 fully saturated rings. The van der Waals surface area contributed by atoms with Gasteiger partial charge in [0.2, 0.25) is 21.8 Å². The molecule has 0 atom stereocenters. The summed E-state index contributed by atoms with van der Waals surface area (Å²) in [6.07, 6.45) is 0.391. The van der Waals surface area contributed by atoms with Crippen molar-refractivity contribution in [3.8, 4) is 0 Å². The molecule has 2 heterocycles. The number of benzene rings is 1. The van der Waals surface area contributed by atoms with Gasteiger partial charge in [0.05, 0.1) is 4.90 Å². The quantitative estimate of drug-likeness (QED) is 0.621. The van der Waals surface area contributed by atoms with E-state index in [4.69, 9.17) is 0 Å². The summed E-state index contributed by atoms with van der Waals surface area (Å²) >= 11 is 0. The fourth-order valence-corrected chi connectivity index (χ4v) is 5.59. The molecule has 0 spiro atoms. The van der Waals surface area contributed by atoms with E-state index >= 15 is 0 Å². The molecule has 0 radical (unpaired) electrons. The first-order valence-electron chi connectivity index (χ1n) is 11.1. The van der Waals surface area contributed by atoms with Crippen LogP contribution in [0.2, 0.25) is 0 Å². The van der Waals surface area contributed by atoms with Gasteiger partial charge in [-0.2, -0.15) is 4.31 Å². The van der Waals surface area contributed by atoms with Gasteiger partial charge in [-0.1, -0.05) is 32.0 Å². The van der Waals surface area contributed by atoms with Crippen LogP contribution in [0.1, 0.15) is 26.7 Å². The highest BCUT2D eigenvalue weighted by atomic mass is 32.2. The third kappa shape index (κ3) is 6.27. The molecular weight excluding hydrogens is 416 g/mol. The van der Waals surface area contributed by atoms with Crippen molar-refractivity contribution in [2.75, 3.05) is 58.9 Å². The summed E-state index contributed by atoms with van der Waals surface area (Å²) in [6, 6.07) is 8.35. The zero-order valence-corrected chi connectivity index (χ0v) is 19.4. The topological polar surface area (TPSA) is 81.2 Å². The van der Waals surface area contributed by atoms with E-state index in [0.29, 0.717) is 19.0 Å². The summed E-state index contributed by atoms with van der Waals surface area (Å²) in [5.74, 6) is 0.564. The molecule has 0 saturated carbocycles. The van der Waals surface area contributed by atoms with E-state index in [9.17, 15) is 18.0 Å². The highest BCUT2D eigenvalue weighted by Gasteiger charge is 2.30. The summed E-state index contributed by atoms with van der Waals surface area (Å²) in [4.78, 5) is 31.2. The van der Waals surface area contributed by atoms with Crippen molar-refractivity contribution in [1.82, 2.24) is 19.0 Å². The second-order valence-corrected chi connectivity index (χ2v) is 10.6. The maximum atomic E-state index is 12.7. The molecule has 3 rings (SSSR count). The van der Waals surface area contributed by atoms with Crippen LogP contribution >= 0.6 is 0 Å². The fraction of sp³-hybridized carbons (Fsp3) is 0.636. The molecule has 8 nitrogen and oxygen atoms in total. The van der Waals surface area contributed by atoms with Gasteiger partial charge in [0, 0.05) is 71.7 Å². The summed E-state index contributed by atoms with van der Waals surface area (Å²) in [5, 5.41) is 0. The molecule has 1 aromatic carbocycles. The average Bonchev–Trinajstić information content (AvgIpc) is 2.78. The maximum absolute atomic E-state index is 12.7. The molecule has 2 amide bonds. The molecule has 0 aromatic heterocycles. The Morgan fingerprint density at radius 3 is 1.77 bits per heavy atom. The van der Waals surface area contributed by atoms with Crippen molar-refractivity contribution in [3.05, 3.63) is 30.3 Å². The van der Waals surface area contributed by atoms with Gasteiger partial charge in [-0.3, -0.25) is 14.5 Å². The maximum Gasteiger partial charge on any atom is 0.243 e. The van der Waals surface area contributed by atoms with Crippen LogP contribution in [-0.4, -0.2) is 98.1 Å². The van der Waals surface area contributed by atoms with Crippen LogP contribution < -0.4 is 0 Å². The lowest BCUT2D eigenvalue weighted by atomic mass is 10.1. The number of rotatable bonds is 7. The Balaban J connectivity index is 1.41. The predicted molar refractivity (Wildman–Crippen MR) is 119 cm³/mol. The van der Waals surface area contributed by atoms with Gasteiger partial charge in [0.15, 0.2) is 0 Å². The van der Waals surface area contributed by atoms with Gasteiger partial charge in [0.25, 0.3) is 0 Å². The Kier molecular flexibility index (Phi) is 8.07. The summed E-state index contributed by atoms with van der Waals surface area (Å²) < 4.78 is 26.8. The number of hydrogen-bond acceptors (Lipinski definition) is 5. The monoisotopic (exact) mass is 450 g/mol. The van der Waals surface area contributed by atoms with E-state index in [1.807, 2.05) is 4.90 Å². The second kappa shape index (κ2) is 10.6. The number of piperazine rings is 2. The van der Waals surface area contributed by atoms with Crippen molar-refractivity contribution in [3.63, 3.8) is 0 Å². The lowest BCUT2D eigenvalue weighted by Crippen LogP contribution is -2.51. The lowest BCUT2D eigenvalue weighted by molar-refractivity contribution is -0.138. The number of carbonyl (C=O) groups excluding carboxylic acids is 2. The van der Waals surface area contributed by atoms with E-state index < -0.39 is 10.0 Å². The SMILES string of the molecule is CC(C)CN1CCN(C(=O)CCC(=O)N2CCN(S(=O)(=O)c3ccccc3)CC2)CC1. The van der Waals surface area contributed by atoms with Crippen LogP contribution in [0, 0.1) is 5.92 Å². The van der Waals surface area contributed by atoms with E-state index in [-0.39, 0.29) is 42.6 Å². The van der Waals surface area contributed by atoms with Crippen LogP contribution in [0.3, 0.4) is 0 Å². The molecule has 31 heavy (non-hydrogen) atoms. The number of amides is 2. The molecule has 172 valence electrons. The Labute approximate surface area is 185 Å². The first-order valence-corrected chi connectivity index (χ1v) is 12.5. The van der Waals surface area contributed by atoms with E-state index in [1.165, 1.54) is 4.31 Å². The predicted octanol–water partition coefficient (Wildman–Crippen LogP) is 1.10.